The average molecular weight is 396 g/mol. The number of methoxy groups -OCH3 is 1. The third kappa shape index (κ3) is 4.03. The number of amides is 1. The van der Waals surface area contributed by atoms with Crippen molar-refractivity contribution < 1.29 is 9.53 Å². The summed E-state index contributed by atoms with van der Waals surface area (Å²) in [5.41, 5.74) is 7.06. The van der Waals surface area contributed by atoms with Gasteiger partial charge in [0.05, 0.1) is 29.6 Å². The SMILES string of the molecule is COc1cccc(/C(C)=N\NC(=O)c2cc(-c3ccncc3)nc3ccccc23)c1. The van der Waals surface area contributed by atoms with E-state index in [1.807, 2.05) is 67.6 Å². The van der Waals surface area contributed by atoms with Gasteiger partial charge in [-0.25, -0.2) is 10.4 Å². The second-order valence-electron chi connectivity index (χ2n) is 6.68. The topological polar surface area (TPSA) is 76.5 Å². The Morgan fingerprint density at radius 2 is 1.80 bits per heavy atom. The van der Waals surface area contributed by atoms with Crippen LogP contribution in [0.3, 0.4) is 0 Å². The molecule has 0 radical (unpaired) electrons. The van der Waals surface area contributed by atoms with Crippen molar-refractivity contribution in [1.29, 1.82) is 0 Å². The molecule has 30 heavy (non-hydrogen) atoms. The summed E-state index contributed by atoms with van der Waals surface area (Å²) in [4.78, 5) is 21.8. The lowest BCUT2D eigenvalue weighted by Crippen LogP contribution is -2.20. The van der Waals surface area contributed by atoms with E-state index in [4.69, 9.17) is 9.72 Å². The molecule has 1 N–H and O–H groups in total. The molecule has 4 rings (SSSR count). The Kier molecular flexibility index (Phi) is 5.48. The van der Waals surface area contributed by atoms with Crippen LogP contribution in [0.1, 0.15) is 22.8 Å². The number of hydrogen-bond acceptors (Lipinski definition) is 5. The van der Waals surface area contributed by atoms with Crippen molar-refractivity contribution in [2.24, 2.45) is 5.10 Å². The maximum absolute atomic E-state index is 13.0. The van der Waals surface area contributed by atoms with Gasteiger partial charge in [-0.1, -0.05) is 30.3 Å². The lowest BCUT2D eigenvalue weighted by molar-refractivity contribution is 0.0956. The molecule has 0 unspecified atom stereocenters. The van der Waals surface area contributed by atoms with Crippen molar-refractivity contribution >= 4 is 22.5 Å². The maximum atomic E-state index is 13.0. The number of nitrogens with zero attached hydrogens (tertiary/aromatic N) is 3. The highest BCUT2D eigenvalue weighted by Crippen LogP contribution is 2.24. The van der Waals surface area contributed by atoms with E-state index in [1.165, 1.54) is 0 Å². The maximum Gasteiger partial charge on any atom is 0.272 e. The number of carbonyl (C=O) groups is 1. The Morgan fingerprint density at radius 3 is 2.60 bits per heavy atom. The van der Waals surface area contributed by atoms with Gasteiger partial charge >= 0.3 is 0 Å². The number of fused-ring (bicyclic) bond motifs is 1. The molecule has 2 aromatic heterocycles. The number of hydrogen-bond donors (Lipinski definition) is 1. The zero-order valence-electron chi connectivity index (χ0n) is 16.7. The number of benzene rings is 2. The van der Waals surface area contributed by atoms with E-state index < -0.39 is 0 Å². The summed E-state index contributed by atoms with van der Waals surface area (Å²) in [6.07, 6.45) is 3.40. The fourth-order valence-corrected chi connectivity index (χ4v) is 3.14. The van der Waals surface area contributed by atoms with Crippen LogP contribution in [-0.4, -0.2) is 28.7 Å². The van der Waals surface area contributed by atoms with Gasteiger partial charge in [0, 0.05) is 28.9 Å². The van der Waals surface area contributed by atoms with Crippen LogP contribution >= 0.6 is 0 Å². The molecule has 0 aliphatic carbocycles. The van der Waals surface area contributed by atoms with Crippen molar-refractivity contribution in [2.75, 3.05) is 7.11 Å². The molecule has 0 aliphatic heterocycles. The first-order valence-electron chi connectivity index (χ1n) is 9.45. The largest absolute Gasteiger partial charge is 0.497 e. The van der Waals surface area contributed by atoms with Gasteiger partial charge in [-0.15, -0.1) is 0 Å². The van der Waals surface area contributed by atoms with Gasteiger partial charge in [0.1, 0.15) is 5.75 Å². The number of pyridine rings is 2. The molecule has 2 heterocycles. The summed E-state index contributed by atoms with van der Waals surface area (Å²) in [7, 11) is 1.61. The Labute approximate surface area is 174 Å². The summed E-state index contributed by atoms with van der Waals surface area (Å²) in [5, 5.41) is 5.05. The summed E-state index contributed by atoms with van der Waals surface area (Å²) in [6, 6.07) is 20.6. The fraction of sp³-hybridized carbons (Fsp3) is 0.0833. The third-order valence-corrected chi connectivity index (χ3v) is 4.75. The smallest absolute Gasteiger partial charge is 0.272 e. The minimum atomic E-state index is -0.300. The molecule has 0 atom stereocenters. The van der Waals surface area contributed by atoms with Crippen LogP contribution in [0.25, 0.3) is 22.2 Å². The van der Waals surface area contributed by atoms with Gasteiger partial charge in [0.15, 0.2) is 0 Å². The van der Waals surface area contributed by atoms with Crippen molar-refractivity contribution in [3.63, 3.8) is 0 Å². The summed E-state index contributed by atoms with van der Waals surface area (Å²) in [5.74, 6) is 0.432. The zero-order chi connectivity index (χ0) is 20.9. The van der Waals surface area contributed by atoms with Crippen LogP contribution in [0.15, 0.2) is 84.2 Å². The molecule has 6 heteroatoms. The number of carbonyl (C=O) groups excluding carboxylic acids is 1. The number of ether oxygens (including phenoxy) is 1. The van der Waals surface area contributed by atoms with E-state index in [2.05, 4.69) is 15.5 Å². The van der Waals surface area contributed by atoms with Crippen LogP contribution in [-0.2, 0) is 0 Å². The number of hydrazone groups is 1. The first kappa shape index (κ1) is 19.3. The van der Waals surface area contributed by atoms with Crippen LogP contribution in [0.2, 0.25) is 0 Å². The molecule has 6 nitrogen and oxygen atoms in total. The molecular formula is C24H20N4O2. The van der Waals surface area contributed by atoms with Crippen molar-refractivity contribution in [3.8, 4) is 17.0 Å². The third-order valence-electron chi connectivity index (χ3n) is 4.75. The van der Waals surface area contributed by atoms with E-state index in [9.17, 15) is 4.79 Å². The number of nitrogens with one attached hydrogen (secondary N) is 1. The van der Waals surface area contributed by atoms with Gasteiger partial charge < -0.3 is 4.74 Å². The van der Waals surface area contributed by atoms with Crippen molar-refractivity contribution in [2.45, 2.75) is 6.92 Å². The standard InChI is InChI=1S/C24H20N4O2/c1-16(18-6-5-7-19(14-18)30-2)27-28-24(29)21-15-23(17-10-12-25-13-11-17)26-22-9-4-3-8-20(21)22/h3-15H,1-2H3,(H,28,29)/b27-16-. The van der Waals surface area contributed by atoms with E-state index in [1.54, 1.807) is 25.6 Å². The number of rotatable bonds is 5. The Morgan fingerprint density at radius 1 is 1.00 bits per heavy atom. The second kappa shape index (κ2) is 8.53. The van der Waals surface area contributed by atoms with E-state index in [0.717, 1.165) is 27.8 Å². The minimum absolute atomic E-state index is 0.300. The lowest BCUT2D eigenvalue weighted by Gasteiger charge is -2.09. The van der Waals surface area contributed by atoms with E-state index in [-0.39, 0.29) is 5.91 Å². The van der Waals surface area contributed by atoms with Gasteiger partial charge in [-0.05, 0) is 43.3 Å². The van der Waals surface area contributed by atoms with Gasteiger partial charge in [-0.3, -0.25) is 9.78 Å². The van der Waals surface area contributed by atoms with Crippen LogP contribution < -0.4 is 10.2 Å². The highest BCUT2D eigenvalue weighted by atomic mass is 16.5. The predicted molar refractivity (Wildman–Crippen MR) is 118 cm³/mol. The quantitative estimate of drug-likeness (QED) is 0.399. The summed E-state index contributed by atoms with van der Waals surface area (Å²) >= 11 is 0. The molecule has 0 bridgehead atoms. The predicted octanol–water partition coefficient (Wildman–Crippen LogP) is 4.46. The first-order chi connectivity index (χ1) is 14.7. The van der Waals surface area contributed by atoms with Crippen LogP contribution in [0.5, 0.6) is 5.75 Å². The molecule has 1 amide bonds. The van der Waals surface area contributed by atoms with E-state index in [0.29, 0.717) is 17.0 Å². The monoisotopic (exact) mass is 396 g/mol. The first-order valence-corrected chi connectivity index (χ1v) is 9.45. The molecule has 0 aliphatic rings. The van der Waals surface area contributed by atoms with Gasteiger partial charge in [0.2, 0.25) is 0 Å². The highest BCUT2D eigenvalue weighted by molar-refractivity contribution is 6.08. The molecule has 2 aromatic carbocycles. The lowest BCUT2D eigenvalue weighted by atomic mass is 10.0. The van der Waals surface area contributed by atoms with Crippen LogP contribution in [0.4, 0.5) is 0 Å². The number of aromatic nitrogens is 2. The van der Waals surface area contributed by atoms with Crippen LogP contribution in [0, 0.1) is 0 Å². The summed E-state index contributed by atoms with van der Waals surface area (Å²) in [6.45, 7) is 1.84. The van der Waals surface area contributed by atoms with Crippen molar-refractivity contribution in [3.05, 3.63) is 90.3 Å². The Bertz CT molecular complexity index is 1240. The van der Waals surface area contributed by atoms with E-state index >= 15 is 0 Å². The van der Waals surface area contributed by atoms with Gasteiger partial charge in [0.25, 0.3) is 5.91 Å². The average Bonchev–Trinajstić information content (AvgIpc) is 2.82. The normalized spacial score (nSPS) is 11.3. The fourth-order valence-electron chi connectivity index (χ4n) is 3.14. The molecular weight excluding hydrogens is 376 g/mol. The molecule has 148 valence electrons. The minimum Gasteiger partial charge on any atom is -0.497 e. The number of para-hydroxylation sites is 1. The molecule has 0 spiro atoms. The Balaban J connectivity index is 1.68. The Hall–Kier alpha value is -4.06. The summed E-state index contributed by atoms with van der Waals surface area (Å²) < 4.78 is 5.25. The molecule has 0 saturated heterocycles. The zero-order valence-corrected chi connectivity index (χ0v) is 16.7. The molecule has 0 saturated carbocycles. The van der Waals surface area contributed by atoms with Crippen molar-refractivity contribution in [1.82, 2.24) is 15.4 Å². The highest BCUT2D eigenvalue weighted by Gasteiger charge is 2.14. The van der Waals surface area contributed by atoms with Gasteiger partial charge in [-0.2, -0.15) is 5.10 Å². The molecule has 0 fully saturated rings. The second-order valence-corrected chi connectivity index (χ2v) is 6.68. The molecule has 4 aromatic rings.